The van der Waals surface area contributed by atoms with Crippen molar-refractivity contribution in [3.8, 4) is 16.9 Å². The quantitative estimate of drug-likeness (QED) is 0.470. The van der Waals surface area contributed by atoms with Crippen LogP contribution >= 0.6 is 0 Å². The Hall–Kier alpha value is -3.60. The fourth-order valence-electron chi connectivity index (χ4n) is 4.02. The van der Waals surface area contributed by atoms with Crippen LogP contribution in [0, 0.1) is 6.92 Å². The summed E-state index contributed by atoms with van der Waals surface area (Å²) in [6.45, 7) is 5.22. The van der Waals surface area contributed by atoms with Gasteiger partial charge in [-0.05, 0) is 56.2 Å². The maximum absolute atomic E-state index is 13.4. The highest BCUT2D eigenvalue weighted by Crippen LogP contribution is 2.32. The lowest BCUT2D eigenvalue weighted by Crippen LogP contribution is -2.31. The molecule has 0 unspecified atom stereocenters. The number of ether oxygens (including phenoxy) is 1. The molecule has 11 heteroatoms. The molecule has 0 fully saturated rings. The van der Waals surface area contributed by atoms with Gasteiger partial charge in [-0.25, -0.2) is 8.42 Å². The van der Waals surface area contributed by atoms with E-state index < -0.39 is 32.9 Å². The van der Waals surface area contributed by atoms with Crippen LogP contribution in [0.4, 0.5) is 13.2 Å². The standard InChI is InChI=1S/C26H27F3N2O5S/c1-15(2)31-14-20(24(32)23(16(31)3)18-7-6-8-19(12-18)26(27,28)29)25(33)30-13-17-9-10-22(37(5,34)35)21(11-17)36-4/h6-12,14-15H,13H2,1-5H3,(H,30,33). The number of aromatic nitrogens is 1. The molecule has 0 aliphatic carbocycles. The molecule has 0 radical (unpaired) electrons. The second kappa shape index (κ2) is 10.4. The van der Waals surface area contributed by atoms with E-state index in [1.54, 1.807) is 11.5 Å². The highest BCUT2D eigenvalue weighted by atomic mass is 32.2. The lowest BCUT2D eigenvalue weighted by atomic mass is 9.98. The zero-order chi connectivity index (χ0) is 27.7. The number of carbonyl (C=O) groups excluding carboxylic acids is 1. The van der Waals surface area contributed by atoms with E-state index in [-0.39, 0.29) is 39.9 Å². The summed E-state index contributed by atoms with van der Waals surface area (Å²) in [7, 11) is -2.21. The lowest BCUT2D eigenvalue weighted by Gasteiger charge is -2.20. The highest BCUT2D eigenvalue weighted by Gasteiger charge is 2.31. The Morgan fingerprint density at radius 2 is 1.81 bits per heavy atom. The van der Waals surface area contributed by atoms with E-state index >= 15 is 0 Å². The number of nitrogens with zero attached hydrogens (tertiary/aromatic N) is 1. The van der Waals surface area contributed by atoms with Crippen LogP contribution in [0.3, 0.4) is 0 Å². The number of benzene rings is 2. The number of sulfone groups is 1. The second-order valence-corrected chi connectivity index (χ2v) is 10.8. The van der Waals surface area contributed by atoms with Gasteiger partial charge < -0.3 is 14.6 Å². The SMILES string of the molecule is COc1cc(CNC(=O)c2cn(C(C)C)c(C)c(-c3cccc(C(F)(F)F)c3)c2=O)ccc1S(C)(=O)=O. The molecule has 1 amide bonds. The molecule has 1 N–H and O–H groups in total. The third-order valence-corrected chi connectivity index (χ3v) is 6.99. The lowest BCUT2D eigenvalue weighted by molar-refractivity contribution is -0.137. The van der Waals surface area contributed by atoms with Gasteiger partial charge in [0.2, 0.25) is 5.43 Å². The molecule has 1 aromatic heterocycles. The summed E-state index contributed by atoms with van der Waals surface area (Å²) in [5.74, 6) is -0.614. The van der Waals surface area contributed by atoms with Gasteiger partial charge in [0.25, 0.3) is 5.91 Å². The molecule has 2 aromatic carbocycles. The zero-order valence-corrected chi connectivity index (χ0v) is 21.8. The number of nitrogens with one attached hydrogen (secondary N) is 1. The van der Waals surface area contributed by atoms with Gasteiger partial charge in [0.05, 0.1) is 12.7 Å². The zero-order valence-electron chi connectivity index (χ0n) is 20.9. The maximum Gasteiger partial charge on any atom is 0.416 e. The molecule has 0 atom stereocenters. The monoisotopic (exact) mass is 536 g/mol. The van der Waals surface area contributed by atoms with Crippen LogP contribution in [-0.4, -0.2) is 32.3 Å². The number of hydrogen-bond donors (Lipinski definition) is 1. The first kappa shape index (κ1) is 28.0. The van der Waals surface area contributed by atoms with Crippen molar-refractivity contribution in [1.29, 1.82) is 0 Å². The molecule has 0 bridgehead atoms. The first-order chi connectivity index (χ1) is 17.1. The third-order valence-electron chi connectivity index (χ3n) is 5.85. The number of amides is 1. The summed E-state index contributed by atoms with van der Waals surface area (Å²) >= 11 is 0. The average molecular weight is 537 g/mol. The minimum atomic E-state index is -4.59. The Kier molecular flexibility index (Phi) is 7.87. The van der Waals surface area contributed by atoms with Crippen LogP contribution in [0.25, 0.3) is 11.1 Å². The number of halogens is 3. The van der Waals surface area contributed by atoms with Crippen LogP contribution in [0.15, 0.2) is 58.4 Å². The average Bonchev–Trinajstić information content (AvgIpc) is 2.81. The topological polar surface area (TPSA) is 94.5 Å². The largest absolute Gasteiger partial charge is 0.495 e. The van der Waals surface area contributed by atoms with E-state index in [1.165, 1.54) is 43.6 Å². The van der Waals surface area contributed by atoms with Crippen molar-refractivity contribution < 1.29 is 31.1 Å². The fraction of sp³-hybridized carbons (Fsp3) is 0.308. The highest BCUT2D eigenvalue weighted by molar-refractivity contribution is 7.90. The van der Waals surface area contributed by atoms with Crippen molar-refractivity contribution in [3.63, 3.8) is 0 Å². The molecule has 198 valence electrons. The molecule has 0 aliphatic rings. The van der Waals surface area contributed by atoms with E-state index in [2.05, 4.69) is 5.32 Å². The predicted octanol–water partition coefficient (Wildman–Crippen LogP) is 4.77. The summed E-state index contributed by atoms with van der Waals surface area (Å²) in [6.07, 6.45) is -2.16. The Morgan fingerprint density at radius 1 is 1.14 bits per heavy atom. The van der Waals surface area contributed by atoms with Gasteiger partial charge in [-0.15, -0.1) is 0 Å². The molecule has 3 rings (SSSR count). The third kappa shape index (κ3) is 6.04. The van der Waals surface area contributed by atoms with E-state index in [1.807, 2.05) is 13.8 Å². The minimum absolute atomic E-state index is 0.00541. The number of alkyl halides is 3. The first-order valence-electron chi connectivity index (χ1n) is 11.2. The van der Waals surface area contributed by atoms with Crippen LogP contribution in [-0.2, 0) is 22.6 Å². The van der Waals surface area contributed by atoms with E-state index in [0.29, 0.717) is 11.3 Å². The summed E-state index contributed by atoms with van der Waals surface area (Å²) in [6, 6.07) is 8.58. The van der Waals surface area contributed by atoms with Gasteiger partial charge in [-0.1, -0.05) is 18.2 Å². The van der Waals surface area contributed by atoms with Crippen molar-refractivity contribution in [2.75, 3.05) is 13.4 Å². The van der Waals surface area contributed by atoms with Crippen molar-refractivity contribution in [2.45, 2.75) is 44.4 Å². The normalized spacial score (nSPS) is 12.0. The van der Waals surface area contributed by atoms with Gasteiger partial charge in [0.15, 0.2) is 9.84 Å². The van der Waals surface area contributed by atoms with Crippen LogP contribution in [0.2, 0.25) is 0 Å². The molecular formula is C26H27F3N2O5S. The fourth-order valence-corrected chi connectivity index (χ4v) is 4.84. The maximum atomic E-state index is 13.4. The van der Waals surface area contributed by atoms with Gasteiger partial charge in [-0.3, -0.25) is 9.59 Å². The van der Waals surface area contributed by atoms with E-state index in [4.69, 9.17) is 4.74 Å². The second-order valence-electron chi connectivity index (χ2n) is 8.85. The molecule has 7 nitrogen and oxygen atoms in total. The molecule has 1 heterocycles. The number of hydrogen-bond acceptors (Lipinski definition) is 5. The van der Waals surface area contributed by atoms with Gasteiger partial charge in [-0.2, -0.15) is 13.2 Å². The Labute approximate surface area is 212 Å². The van der Waals surface area contributed by atoms with Gasteiger partial charge in [0.1, 0.15) is 16.2 Å². The Morgan fingerprint density at radius 3 is 2.38 bits per heavy atom. The summed E-state index contributed by atoms with van der Waals surface area (Å²) in [5, 5.41) is 2.63. The van der Waals surface area contributed by atoms with Crippen molar-refractivity contribution in [1.82, 2.24) is 9.88 Å². The number of methoxy groups -OCH3 is 1. The predicted molar refractivity (Wildman–Crippen MR) is 134 cm³/mol. The molecule has 0 spiro atoms. The van der Waals surface area contributed by atoms with E-state index in [0.717, 1.165) is 18.4 Å². The summed E-state index contributed by atoms with van der Waals surface area (Å²) < 4.78 is 70.6. The van der Waals surface area contributed by atoms with Crippen molar-refractivity contribution in [2.24, 2.45) is 0 Å². The Balaban J connectivity index is 2.03. The molecule has 0 saturated heterocycles. The molecule has 0 aliphatic heterocycles. The van der Waals surface area contributed by atoms with Gasteiger partial charge in [0, 0.05) is 36.3 Å². The summed E-state index contributed by atoms with van der Waals surface area (Å²) in [4.78, 5) is 26.5. The van der Waals surface area contributed by atoms with Crippen molar-refractivity contribution >= 4 is 15.7 Å². The van der Waals surface area contributed by atoms with Crippen LogP contribution < -0.4 is 15.5 Å². The smallest absolute Gasteiger partial charge is 0.416 e. The summed E-state index contributed by atoms with van der Waals surface area (Å²) in [5.41, 5.74) is -0.818. The first-order valence-corrected chi connectivity index (χ1v) is 13.1. The minimum Gasteiger partial charge on any atom is -0.495 e. The van der Waals surface area contributed by atoms with Crippen LogP contribution in [0.5, 0.6) is 5.75 Å². The van der Waals surface area contributed by atoms with E-state index in [9.17, 15) is 31.2 Å². The van der Waals surface area contributed by atoms with Crippen molar-refractivity contribution in [3.05, 3.63) is 81.3 Å². The number of pyridine rings is 1. The van der Waals surface area contributed by atoms with Gasteiger partial charge >= 0.3 is 6.18 Å². The molecule has 0 saturated carbocycles. The number of carbonyl (C=O) groups is 1. The number of rotatable bonds is 7. The molecule has 37 heavy (non-hydrogen) atoms. The van der Waals surface area contributed by atoms with Crippen LogP contribution in [0.1, 0.15) is 47.1 Å². The molecular weight excluding hydrogens is 509 g/mol. The Bertz CT molecular complexity index is 1510. The molecule has 3 aromatic rings.